The molecule has 5 heteroatoms. The Hall–Kier alpha value is -0.650. The third-order valence-electron chi connectivity index (χ3n) is 3.92. The van der Waals surface area contributed by atoms with Crippen molar-refractivity contribution in [3.63, 3.8) is 0 Å². The Morgan fingerprint density at radius 3 is 2.43 bits per heavy atom. The van der Waals surface area contributed by atoms with Crippen LogP contribution >= 0.6 is 0 Å². The Labute approximate surface area is 128 Å². The molecule has 1 rings (SSSR count). The predicted molar refractivity (Wildman–Crippen MR) is 82.1 cm³/mol. The summed E-state index contributed by atoms with van der Waals surface area (Å²) in [5.41, 5.74) is 0. The fourth-order valence-electron chi connectivity index (χ4n) is 2.70. The van der Waals surface area contributed by atoms with Crippen molar-refractivity contribution >= 4 is 5.97 Å². The zero-order valence-electron chi connectivity index (χ0n) is 14.1. The van der Waals surface area contributed by atoms with Crippen molar-refractivity contribution in [3.8, 4) is 0 Å². The monoisotopic (exact) mass is 301 g/mol. The van der Waals surface area contributed by atoms with E-state index in [-0.39, 0.29) is 30.6 Å². The van der Waals surface area contributed by atoms with Gasteiger partial charge in [-0.25, -0.2) is 0 Å². The molecule has 124 valence electrons. The van der Waals surface area contributed by atoms with Gasteiger partial charge in [0, 0.05) is 12.8 Å². The minimum atomic E-state index is -0.174. The van der Waals surface area contributed by atoms with Gasteiger partial charge in [0.25, 0.3) is 0 Å². The maximum atomic E-state index is 11.9. The van der Waals surface area contributed by atoms with Crippen LogP contribution in [-0.2, 0) is 19.0 Å². The predicted octanol–water partition coefficient (Wildman–Crippen LogP) is 2.58. The normalized spacial score (nSPS) is 27.6. The van der Waals surface area contributed by atoms with Crippen molar-refractivity contribution in [1.82, 2.24) is 4.90 Å². The standard InChI is InChI=1S/C16H31NO4/c1-6-14-10-15(21-13(5)20-14)9-12(4)19-16(18)11-17(7-2)8-3/h12-15H,6-11H2,1-5H3. The van der Waals surface area contributed by atoms with E-state index in [4.69, 9.17) is 14.2 Å². The second-order valence-electron chi connectivity index (χ2n) is 5.73. The molecule has 1 saturated heterocycles. The molecule has 1 fully saturated rings. The number of carbonyl (C=O) groups is 1. The van der Waals surface area contributed by atoms with Gasteiger partial charge in [-0.15, -0.1) is 0 Å². The summed E-state index contributed by atoms with van der Waals surface area (Å²) in [5, 5.41) is 0. The Kier molecular flexibility index (Phi) is 8.22. The van der Waals surface area contributed by atoms with Crippen LogP contribution in [-0.4, -0.2) is 55.1 Å². The lowest BCUT2D eigenvalue weighted by Gasteiger charge is -2.34. The molecule has 0 N–H and O–H groups in total. The summed E-state index contributed by atoms with van der Waals surface area (Å²) in [6.07, 6.45) is 2.65. The lowest BCUT2D eigenvalue weighted by atomic mass is 10.0. The van der Waals surface area contributed by atoms with Crippen LogP contribution in [0.1, 0.15) is 53.9 Å². The Balaban J connectivity index is 2.35. The van der Waals surface area contributed by atoms with Crippen LogP contribution in [0.2, 0.25) is 0 Å². The van der Waals surface area contributed by atoms with Crippen molar-refractivity contribution in [2.75, 3.05) is 19.6 Å². The Morgan fingerprint density at radius 1 is 1.24 bits per heavy atom. The van der Waals surface area contributed by atoms with Gasteiger partial charge in [-0.3, -0.25) is 9.69 Å². The van der Waals surface area contributed by atoms with Crippen molar-refractivity contribution in [1.29, 1.82) is 0 Å². The Morgan fingerprint density at radius 2 is 1.86 bits per heavy atom. The molecule has 4 atom stereocenters. The second-order valence-corrected chi connectivity index (χ2v) is 5.73. The highest BCUT2D eigenvalue weighted by Crippen LogP contribution is 2.24. The number of rotatable bonds is 8. The molecule has 0 aliphatic carbocycles. The third kappa shape index (κ3) is 6.76. The SMILES string of the molecule is CCC1CC(CC(C)OC(=O)CN(CC)CC)OC(C)O1. The third-order valence-corrected chi connectivity index (χ3v) is 3.92. The number of ether oxygens (including phenoxy) is 3. The van der Waals surface area contributed by atoms with Crippen LogP contribution in [0.25, 0.3) is 0 Å². The van der Waals surface area contributed by atoms with Crippen molar-refractivity contribution in [3.05, 3.63) is 0 Å². The molecule has 0 radical (unpaired) electrons. The van der Waals surface area contributed by atoms with Gasteiger partial charge in [0.2, 0.25) is 0 Å². The summed E-state index contributed by atoms with van der Waals surface area (Å²) in [6, 6.07) is 0. The van der Waals surface area contributed by atoms with Crippen molar-refractivity contribution < 1.29 is 19.0 Å². The molecule has 0 bridgehead atoms. The molecule has 4 unspecified atom stereocenters. The average Bonchev–Trinajstić information content (AvgIpc) is 2.43. The van der Waals surface area contributed by atoms with E-state index in [1.54, 1.807) is 0 Å². The number of esters is 1. The highest BCUT2D eigenvalue weighted by Gasteiger charge is 2.28. The molecule has 1 aliphatic rings. The first-order chi connectivity index (χ1) is 9.98. The first kappa shape index (κ1) is 18.4. The summed E-state index contributed by atoms with van der Waals surface area (Å²) < 4.78 is 16.9. The average molecular weight is 301 g/mol. The van der Waals surface area contributed by atoms with Gasteiger partial charge >= 0.3 is 5.97 Å². The summed E-state index contributed by atoms with van der Waals surface area (Å²) >= 11 is 0. The highest BCUT2D eigenvalue weighted by atomic mass is 16.7. The van der Waals surface area contributed by atoms with Gasteiger partial charge in [-0.05, 0) is 33.4 Å². The summed E-state index contributed by atoms with van der Waals surface area (Å²) in [6.45, 7) is 12.1. The van der Waals surface area contributed by atoms with E-state index in [2.05, 4.69) is 11.8 Å². The topological polar surface area (TPSA) is 48.0 Å². The fourth-order valence-corrected chi connectivity index (χ4v) is 2.70. The van der Waals surface area contributed by atoms with Gasteiger partial charge < -0.3 is 14.2 Å². The number of nitrogens with zero attached hydrogens (tertiary/aromatic N) is 1. The zero-order chi connectivity index (χ0) is 15.8. The van der Waals surface area contributed by atoms with Crippen LogP contribution in [0.3, 0.4) is 0 Å². The van der Waals surface area contributed by atoms with E-state index in [1.165, 1.54) is 0 Å². The molecule has 0 saturated carbocycles. The Bertz CT molecular complexity index is 307. The molecule has 0 aromatic rings. The lowest BCUT2D eigenvalue weighted by Crippen LogP contribution is -2.39. The first-order valence-corrected chi connectivity index (χ1v) is 8.21. The molecule has 1 heterocycles. The largest absolute Gasteiger partial charge is 0.462 e. The van der Waals surface area contributed by atoms with Gasteiger partial charge in [0.1, 0.15) is 6.10 Å². The maximum Gasteiger partial charge on any atom is 0.320 e. The molecular formula is C16H31NO4. The second kappa shape index (κ2) is 9.38. The van der Waals surface area contributed by atoms with Crippen LogP contribution in [0, 0.1) is 0 Å². The maximum absolute atomic E-state index is 11.9. The van der Waals surface area contributed by atoms with Crippen molar-refractivity contribution in [2.45, 2.75) is 78.5 Å². The van der Waals surface area contributed by atoms with E-state index in [1.807, 2.05) is 27.7 Å². The molecular weight excluding hydrogens is 270 g/mol. The number of hydrogen-bond donors (Lipinski definition) is 0. The molecule has 1 aliphatic heterocycles. The van der Waals surface area contributed by atoms with Crippen LogP contribution in [0.4, 0.5) is 0 Å². The van der Waals surface area contributed by atoms with E-state index >= 15 is 0 Å². The first-order valence-electron chi connectivity index (χ1n) is 8.21. The van der Waals surface area contributed by atoms with Crippen LogP contribution in [0.5, 0.6) is 0 Å². The van der Waals surface area contributed by atoms with Crippen molar-refractivity contribution in [2.24, 2.45) is 0 Å². The number of likely N-dealkylation sites (N-methyl/N-ethyl adjacent to an activating group) is 1. The fraction of sp³-hybridized carbons (Fsp3) is 0.938. The van der Waals surface area contributed by atoms with Crippen LogP contribution < -0.4 is 0 Å². The van der Waals surface area contributed by atoms with E-state index in [9.17, 15) is 4.79 Å². The lowest BCUT2D eigenvalue weighted by molar-refractivity contribution is -0.238. The molecule has 0 aromatic carbocycles. The highest BCUT2D eigenvalue weighted by molar-refractivity contribution is 5.71. The summed E-state index contributed by atoms with van der Waals surface area (Å²) in [4.78, 5) is 13.9. The van der Waals surface area contributed by atoms with Crippen LogP contribution in [0.15, 0.2) is 0 Å². The van der Waals surface area contributed by atoms with Gasteiger partial charge in [-0.2, -0.15) is 0 Å². The smallest absolute Gasteiger partial charge is 0.320 e. The molecule has 0 aromatic heterocycles. The number of carbonyl (C=O) groups excluding carboxylic acids is 1. The summed E-state index contributed by atoms with van der Waals surface area (Å²) in [7, 11) is 0. The zero-order valence-corrected chi connectivity index (χ0v) is 14.1. The molecule has 5 nitrogen and oxygen atoms in total. The van der Waals surface area contributed by atoms with E-state index in [0.717, 1.165) is 32.4 Å². The van der Waals surface area contributed by atoms with Gasteiger partial charge in [-0.1, -0.05) is 20.8 Å². The molecule has 0 amide bonds. The van der Waals surface area contributed by atoms with E-state index < -0.39 is 0 Å². The van der Waals surface area contributed by atoms with Gasteiger partial charge in [0.15, 0.2) is 6.29 Å². The molecule has 21 heavy (non-hydrogen) atoms. The minimum absolute atomic E-state index is 0.106. The van der Waals surface area contributed by atoms with E-state index in [0.29, 0.717) is 6.54 Å². The molecule has 0 spiro atoms. The summed E-state index contributed by atoms with van der Waals surface area (Å²) in [5.74, 6) is -0.154. The van der Waals surface area contributed by atoms with Gasteiger partial charge in [0.05, 0.1) is 18.8 Å². The quantitative estimate of drug-likeness (QED) is 0.645. The minimum Gasteiger partial charge on any atom is -0.462 e. The number of hydrogen-bond acceptors (Lipinski definition) is 5.